The zero-order chi connectivity index (χ0) is 15.0. The molecule has 1 unspecified atom stereocenters. The van der Waals surface area contributed by atoms with Crippen molar-refractivity contribution in [2.24, 2.45) is 0 Å². The molecule has 0 saturated heterocycles. The first-order valence-corrected chi connectivity index (χ1v) is 7.02. The Morgan fingerprint density at radius 2 is 2.10 bits per heavy atom. The Bertz CT molecular complexity index is 833. The van der Waals surface area contributed by atoms with Gasteiger partial charge in [-0.25, -0.2) is 4.98 Å². The van der Waals surface area contributed by atoms with E-state index in [1.165, 1.54) is 0 Å². The van der Waals surface area contributed by atoms with Gasteiger partial charge >= 0.3 is 0 Å². The predicted molar refractivity (Wildman–Crippen MR) is 82.4 cm³/mol. The van der Waals surface area contributed by atoms with Crippen LogP contribution in [-0.4, -0.2) is 19.3 Å². The first kappa shape index (κ1) is 13.5. The Hall–Kier alpha value is -2.43. The molecule has 0 aliphatic rings. The van der Waals surface area contributed by atoms with Gasteiger partial charge in [-0.2, -0.15) is 5.10 Å². The van der Waals surface area contributed by atoms with E-state index in [0.717, 1.165) is 16.6 Å². The highest BCUT2D eigenvalue weighted by atomic mass is 16.1. The van der Waals surface area contributed by atoms with Crippen molar-refractivity contribution >= 4 is 10.9 Å². The molecule has 0 bridgehead atoms. The van der Waals surface area contributed by atoms with Crippen LogP contribution in [0.5, 0.6) is 0 Å². The second kappa shape index (κ2) is 5.16. The maximum atomic E-state index is 12.7. The molecular formula is C16H18N4O. The lowest BCUT2D eigenvalue weighted by Crippen LogP contribution is -2.26. The molecule has 1 atom stereocenters. The molecule has 0 aliphatic heterocycles. The van der Waals surface area contributed by atoms with Crippen LogP contribution in [0.2, 0.25) is 0 Å². The van der Waals surface area contributed by atoms with Gasteiger partial charge in [0.05, 0.1) is 29.8 Å². The lowest BCUT2D eigenvalue weighted by molar-refractivity contribution is 0.426. The fraction of sp³-hybridized carbons (Fsp3) is 0.312. The molecule has 3 rings (SSSR count). The summed E-state index contributed by atoms with van der Waals surface area (Å²) in [5, 5.41) is 4.85. The van der Waals surface area contributed by atoms with E-state index >= 15 is 0 Å². The second-order valence-electron chi connectivity index (χ2n) is 5.44. The summed E-state index contributed by atoms with van der Waals surface area (Å²) in [6, 6.07) is 5.71. The van der Waals surface area contributed by atoms with Crippen molar-refractivity contribution in [1.29, 1.82) is 0 Å². The SMILES string of the molecule is Cc1ccc2c(=O)n(C(C)Cn3cccn3)cnc2c1C. The highest BCUT2D eigenvalue weighted by Gasteiger charge is 2.12. The first-order valence-electron chi connectivity index (χ1n) is 7.02. The van der Waals surface area contributed by atoms with E-state index in [9.17, 15) is 4.79 Å². The summed E-state index contributed by atoms with van der Waals surface area (Å²) in [4.78, 5) is 17.1. The summed E-state index contributed by atoms with van der Waals surface area (Å²) in [6.45, 7) is 6.67. The summed E-state index contributed by atoms with van der Waals surface area (Å²) < 4.78 is 3.50. The number of nitrogens with zero attached hydrogens (tertiary/aromatic N) is 4. The van der Waals surface area contributed by atoms with Crippen LogP contribution in [0.25, 0.3) is 10.9 Å². The third-order valence-electron chi connectivity index (χ3n) is 3.96. The number of aromatic nitrogens is 4. The van der Waals surface area contributed by atoms with Crippen molar-refractivity contribution in [2.45, 2.75) is 33.4 Å². The predicted octanol–water partition coefficient (Wildman–Crippen LogP) is 2.47. The van der Waals surface area contributed by atoms with Crippen molar-refractivity contribution in [1.82, 2.24) is 19.3 Å². The van der Waals surface area contributed by atoms with E-state index in [0.29, 0.717) is 11.9 Å². The molecule has 21 heavy (non-hydrogen) atoms. The molecule has 2 aromatic heterocycles. The molecule has 0 spiro atoms. The van der Waals surface area contributed by atoms with Gasteiger partial charge in [0.25, 0.3) is 5.56 Å². The number of fused-ring (bicyclic) bond motifs is 1. The van der Waals surface area contributed by atoms with Crippen molar-refractivity contribution in [3.8, 4) is 0 Å². The summed E-state index contributed by atoms with van der Waals surface area (Å²) in [7, 11) is 0. The standard InChI is InChI=1S/C16H18N4O/c1-11-5-6-14-15(13(11)3)17-10-20(16(14)21)12(2)9-19-8-4-7-18-19/h4-8,10,12H,9H2,1-3H3. The lowest BCUT2D eigenvalue weighted by Gasteiger charge is -2.16. The Morgan fingerprint density at radius 3 is 2.81 bits per heavy atom. The van der Waals surface area contributed by atoms with Gasteiger partial charge in [-0.3, -0.25) is 14.0 Å². The van der Waals surface area contributed by atoms with Crippen LogP contribution in [0, 0.1) is 13.8 Å². The third kappa shape index (κ3) is 2.35. The van der Waals surface area contributed by atoms with Gasteiger partial charge in [-0.05, 0) is 44.0 Å². The summed E-state index contributed by atoms with van der Waals surface area (Å²) in [5.74, 6) is 0. The minimum atomic E-state index is -0.00379. The van der Waals surface area contributed by atoms with Gasteiger partial charge in [-0.15, -0.1) is 0 Å². The number of hydrogen-bond acceptors (Lipinski definition) is 3. The van der Waals surface area contributed by atoms with Crippen molar-refractivity contribution < 1.29 is 0 Å². The number of aryl methyl sites for hydroxylation is 2. The van der Waals surface area contributed by atoms with E-state index in [1.807, 2.05) is 49.8 Å². The molecule has 3 aromatic rings. The van der Waals surface area contributed by atoms with Crippen LogP contribution >= 0.6 is 0 Å². The molecule has 5 heteroatoms. The quantitative estimate of drug-likeness (QED) is 0.741. The van der Waals surface area contributed by atoms with Gasteiger partial charge in [0.2, 0.25) is 0 Å². The fourth-order valence-electron chi connectivity index (χ4n) is 2.53. The first-order chi connectivity index (χ1) is 10.1. The fourth-order valence-corrected chi connectivity index (χ4v) is 2.53. The largest absolute Gasteiger partial charge is 0.294 e. The molecule has 108 valence electrons. The van der Waals surface area contributed by atoms with Gasteiger partial charge < -0.3 is 0 Å². The molecule has 0 saturated carbocycles. The van der Waals surface area contributed by atoms with Gasteiger partial charge in [0, 0.05) is 12.4 Å². The molecular weight excluding hydrogens is 264 g/mol. The Labute approximate surface area is 122 Å². The number of hydrogen-bond donors (Lipinski definition) is 0. The summed E-state index contributed by atoms with van der Waals surface area (Å²) >= 11 is 0. The zero-order valence-corrected chi connectivity index (χ0v) is 12.4. The average molecular weight is 282 g/mol. The van der Waals surface area contributed by atoms with Gasteiger partial charge in [-0.1, -0.05) is 6.07 Å². The molecule has 0 amide bonds. The van der Waals surface area contributed by atoms with E-state index in [1.54, 1.807) is 17.1 Å². The maximum Gasteiger partial charge on any atom is 0.261 e. The van der Waals surface area contributed by atoms with E-state index in [4.69, 9.17) is 0 Å². The molecule has 5 nitrogen and oxygen atoms in total. The summed E-state index contributed by atoms with van der Waals surface area (Å²) in [5.41, 5.74) is 3.01. The van der Waals surface area contributed by atoms with Crippen LogP contribution < -0.4 is 5.56 Å². The maximum absolute atomic E-state index is 12.7. The molecule has 2 heterocycles. The normalized spacial score (nSPS) is 12.7. The van der Waals surface area contributed by atoms with Crippen molar-refractivity contribution in [3.05, 3.63) is 58.4 Å². The molecule has 0 aliphatic carbocycles. The zero-order valence-electron chi connectivity index (χ0n) is 12.4. The van der Waals surface area contributed by atoms with Crippen LogP contribution in [0.1, 0.15) is 24.1 Å². The third-order valence-corrected chi connectivity index (χ3v) is 3.96. The molecule has 0 radical (unpaired) electrons. The van der Waals surface area contributed by atoms with E-state index in [2.05, 4.69) is 10.1 Å². The smallest absolute Gasteiger partial charge is 0.261 e. The monoisotopic (exact) mass is 282 g/mol. The highest BCUT2D eigenvalue weighted by molar-refractivity contribution is 5.81. The van der Waals surface area contributed by atoms with Crippen molar-refractivity contribution in [3.63, 3.8) is 0 Å². The lowest BCUT2D eigenvalue weighted by atomic mass is 10.1. The molecule has 0 N–H and O–H groups in total. The minimum absolute atomic E-state index is 0.00255. The van der Waals surface area contributed by atoms with E-state index < -0.39 is 0 Å². The van der Waals surface area contributed by atoms with Crippen LogP contribution in [-0.2, 0) is 6.54 Å². The van der Waals surface area contributed by atoms with Gasteiger partial charge in [0.15, 0.2) is 0 Å². The number of rotatable bonds is 3. The average Bonchev–Trinajstić information content (AvgIpc) is 2.96. The van der Waals surface area contributed by atoms with E-state index in [-0.39, 0.29) is 11.6 Å². The van der Waals surface area contributed by atoms with Crippen LogP contribution in [0.4, 0.5) is 0 Å². The Balaban J connectivity index is 2.06. The topological polar surface area (TPSA) is 52.7 Å². The van der Waals surface area contributed by atoms with Gasteiger partial charge in [0.1, 0.15) is 0 Å². The number of benzene rings is 1. The van der Waals surface area contributed by atoms with Crippen molar-refractivity contribution in [2.75, 3.05) is 0 Å². The highest BCUT2D eigenvalue weighted by Crippen LogP contribution is 2.17. The van der Waals surface area contributed by atoms with Crippen LogP contribution in [0.3, 0.4) is 0 Å². The second-order valence-corrected chi connectivity index (χ2v) is 5.44. The molecule has 0 fully saturated rings. The molecule has 1 aromatic carbocycles. The Kier molecular flexibility index (Phi) is 3.33. The summed E-state index contributed by atoms with van der Waals surface area (Å²) in [6.07, 6.45) is 5.27. The Morgan fingerprint density at radius 1 is 1.29 bits per heavy atom. The van der Waals surface area contributed by atoms with Crippen LogP contribution in [0.15, 0.2) is 41.7 Å². The minimum Gasteiger partial charge on any atom is -0.294 e.